The number of hydrogen-bond donors (Lipinski definition) is 0. The van der Waals surface area contributed by atoms with Crippen molar-refractivity contribution in [3.8, 4) is 11.5 Å². The largest absolute Gasteiger partial charge is 0.458 e. The first kappa shape index (κ1) is 56.8. The molecule has 12 aromatic carbocycles. The van der Waals surface area contributed by atoms with E-state index < -0.39 is 0 Å². The number of benzene rings is 12. The van der Waals surface area contributed by atoms with Gasteiger partial charge in [0.2, 0.25) is 0 Å². The molecule has 0 N–H and O–H groups in total. The molecule has 446 valence electrons. The molecule has 0 bridgehead atoms. The van der Waals surface area contributed by atoms with Crippen LogP contribution in [0.5, 0.6) is 11.5 Å². The molecule has 6 nitrogen and oxygen atoms in total. The molecule has 0 spiro atoms. The predicted octanol–water partition coefficient (Wildman–Crippen LogP) is 19.6. The highest BCUT2D eigenvalue weighted by molar-refractivity contribution is 7.02. The number of rotatable bonds is 13. The van der Waals surface area contributed by atoms with E-state index in [-0.39, 0.29) is 37.1 Å². The van der Waals surface area contributed by atoms with E-state index in [1.54, 1.807) is 0 Å². The van der Waals surface area contributed by atoms with Crippen LogP contribution in [0, 0.1) is 0 Å². The van der Waals surface area contributed by atoms with Gasteiger partial charge in [0.1, 0.15) is 11.5 Å². The van der Waals surface area contributed by atoms with Crippen LogP contribution in [0.2, 0.25) is 0 Å². The highest BCUT2D eigenvalue weighted by Crippen LogP contribution is 2.53. The fraction of sp³-hybridized carbons (Fsp3) is 0.143. The Hall–Kier alpha value is -10.4. The molecule has 0 radical (unpaired) electrons. The molecule has 0 unspecified atom stereocenters. The summed E-state index contributed by atoms with van der Waals surface area (Å²) >= 11 is 0. The third kappa shape index (κ3) is 9.16. The Morgan fingerprint density at radius 1 is 0.272 bits per heavy atom. The lowest BCUT2D eigenvalue weighted by molar-refractivity contribution is 0.488. The van der Waals surface area contributed by atoms with E-state index in [0.717, 1.165) is 96.4 Å². The van der Waals surface area contributed by atoms with Crippen molar-refractivity contribution >= 4 is 132 Å². The van der Waals surface area contributed by atoms with Gasteiger partial charge in [-0.3, -0.25) is 0 Å². The quantitative estimate of drug-likeness (QED) is 0.107. The van der Waals surface area contributed by atoms with E-state index in [1.807, 2.05) is 0 Å². The fourth-order valence-corrected chi connectivity index (χ4v) is 15.5. The summed E-state index contributed by atoms with van der Waals surface area (Å²) < 4.78 is 7.88. The molecule has 12 aromatic rings. The molecule has 0 amide bonds. The molecule has 0 saturated heterocycles. The second-order valence-electron chi connectivity index (χ2n) is 26.3. The number of nitrogens with zero attached hydrogens (tertiary/aromatic N) is 5. The summed E-state index contributed by atoms with van der Waals surface area (Å²) in [4.78, 5) is 12.6. The Kier molecular flexibility index (Phi) is 14.1. The zero-order valence-electron chi connectivity index (χ0n) is 53.6. The average molecular weight is 1190 g/mol. The number of hydrogen-bond acceptors (Lipinski definition) is 6. The molecule has 4 aliphatic heterocycles. The molecule has 4 aliphatic rings. The summed E-state index contributed by atoms with van der Waals surface area (Å²) in [5.74, 6) is 2.74. The van der Waals surface area contributed by atoms with E-state index in [0.29, 0.717) is 0 Å². The van der Waals surface area contributed by atoms with Crippen molar-refractivity contribution in [3.05, 3.63) is 295 Å². The Balaban J connectivity index is 0.995. The molecular formula is C84H73B2N5O. The summed E-state index contributed by atoms with van der Waals surface area (Å²) in [5.41, 5.74) is 29.2. The number of fused-ring (bicyclic) bond motifs is 8. The van der Waals surface area contributed by atoms with Gasteiger partial charge >= 0.3 is 0 Å². The molecule has 8 heteroatoms. The van der Waals surface area contributed by atoms with Crippen molar-refractivity contribution in [1.29, 1.82) is 0 Å². The Bertz CT molecular complexity index is 4710. The maximum Gasteiger partial charge on any atom is 0.256 e. The minimum absolute atomic E-state index is 0.164. The second kappa shape index (κ2) is 22.8. The second-order valence-corrected chi connectivity index (χ2v) is 26.3. The normalized spacial score (nSPS) is 13.2. The van der Waals surface area contributed by atoms with Gasteiger partial charge in [-0.2, -0.15) is 0 Å². The molecule has 4 heterocycles. The van der Waals surface area contributed by atoms with Gasteiger partial charge in [0.05, 0.1) is 11.4 Å². The van der Waals surface area contributed by atoms with E-state index in [2.05, 4.69) is 353 Å². The molecule has 0 aromatic heterocycles. The maximum absolute atomic E-state index is 7.88. The fourth-order valence-electron chi connectivity index (χ4n) is 15.5. The smallest absolute Gasteiger partial charge is 0.256 e. The van der Waals surface area contributed by atoms with Gasteiger partial charge in [0, 0.05) is 86.1 Å². The van der Waals surface area contributed by atoms with Gasteiger partial charge in [-0.1, -0.05) is 225 Å². The van der Waals surface area contributed by atoms with Crippen LogP contribution in [0.4, 0.5) is 85.3 Å². The Labute approximate surface area is 543 Å². The lowest BCUT2D eigenvalue weighted by atomic mass is 9.30. The van der Waals surface area contributed by atoms with Crippen LogP contribution in [0.3, 0.4) is 0 Å². The summed E-state index contributed by atoms with van der Waals surface area (Å²) in [6, 6.07) is 102. The van der Waals surface area contributed by atoms with Crippen LogP contribution in [0.25, 0.3) is 0 Å². The standard InChI is InChI=1S/C84H73B2N5O/c1-54(2)63-36-18-24-42-71(63)90(72-43-25-19-37-64(72)55(3)4)61-48-78-83-79(49-61)89(60-34-16-11-17-35-60)77-53-81-70(52-69(77)85(83)67-40-22-28-46-75(67)87(78)58-30-12-9-13-31-58)86-68-41-23-29-47-76(68)88(59-32-14-10-15-33-59)80-50-62(51-82(92-81)84(80)86)91(73-44-26-20-38-65(73)56(5)6)74-45-27-21-39-66(74)57(7)8/h9-57H,1-8H3. The molecule has 0 saturated carbocycles. The minimum Gasteiger partial charge on any atom is -0.458 e. The van der Waals surface area contributed by atoms with E-state index in [9.17, 15) is 0 Å². The number of ether oxygens (including phenoxy) is 1. The summed E-state index contributed by atoms with van der Waals surface area (Å²) in [6.45, 7) is 18.1. The third-order valence-corrected chi connectivity index (χ3v) is 19.5. The molecule has 92 heavy (non-hydrogen) atoms. The highest BCUT2D eigenvalue weighted by Gasteiger charge is 2.48. The molecule has 0 fully saturated rings. The van der Waals surface area contributed by atoms with Crippen molar-refractivity contribution in [2.45, 2.75) is 79.1 Å². The lowest BCUT2D eigenvalue weighted by Gasteiger charge is -2.46. The SMILES string of the molecule is CC(C)c1ccccc1N(c1cc2c3c(c1)N(c1ccccc1)c1ccccc1B3c1cc3c(cc1O2)N(c1ccccc1)c1cc(N(c2ccccc2C(C)C)c2ccccc2C(C)C)cc2c1B3c1ccccc1N2c1ccccc1)c1ccccc1C(C)C. The first-order valence-electron chi connectivity index (χ1n) is 32.9. The molecular weight excluding hydrogens is 1120 g/mol. The van der Waals surface area contributed by atoms with Crippen LogP contribution < -0.4 is 62.0 Å². The van der Waals surface area contributed by atoms with Gasteiger partial charge < -0.3 is 29.2 Å². The van der Waals surface area contributed by atoms with Crippen molar-refractivity contribution in [3.63, 3.8) is 0 Å². The van der Waals surface area contributed by atoms with E-state index in [1.165, 1.54) is 55.5 Å². The van der Waals surface area contributed by atoms with Gasteiger partial charge in [-0.05, 0) is 170 Å². The average Bonchev–Trinajstić information content (AvgIpc) is 0.690. The molecule has 0 atom stereocenters. The zero-order chi connectivity index (χ0) is 62.5. The third-order valence-electron chi connectivity index (χ3n) is 19.5. The van der Waals surface area contributed by atoms with Crippen LogP contribution in [-0.2, 0) is 0 Å². The summed E-state index contributed by atoms with van der Waals surface area (Å²) in [7, 11) is 0. The number of anilines is 15. The lowest BCUT2D eigenvalue weighted by Crippen LogP contribution is -2.64. The van der Waals surface area contributed by atoms with Gasteiger partial charge in [0.15, 0.2) is 0 Å². The highest BCUT2D eigenvalue weighted by atomic mass is 16.5. The Morgan fingerprint density at radius 2 is 0.598 bits per heavy atom. The molecule has 0 aliphatic carbocycles. The summed E-state index contributed by atoms with van der Waals surface area (Å²) in [6.07, 6.45) is 0. The van der Waals surface area contributed by atoms with Crippen molar-refractivity contribution < 1.29 is 4.74 Å². The monoisotopic (exact) mass is 1190 g/mol. The van der Waals surface area contributed by atoms with Gasteiger partial charge in [-0.15, -0.1) is 0 Å². The zero-order valence-corrected chi connectivity index (χ0v) is 53.6. The molecule has 16 rings (SSSR count). The first-order chi connectivity index (χ1) is 45.0. The van der Waals surface area contributed by atoms with Crippen molar-refractivity contribution in [1.82, 2.24) is 0 Å². The minimum atomic E-state index is -0.178. The van der Waals surface area contributed by atoms with Crippen LogP contribution in [0.15, 0.2) is 273 Å². The van der Waals surface area contributed by atoms with Crippen molar-refractivity contribution in [2.24, 2.45) is 0 Å². The van der Waals surface area contributed by atoms with Crippen LogP contribution in [-0.4, -0.2) is 13.4 Å². The maximum atomic E-state index is 7.88. The van der Waals surface area contributed by atoms with Crippen LogP contribution in [0.1, 0.15) is 101 Å². The number of para-hydroxylation sites is 9. The van der Waals surface area contributed by atoms with Gasteiger partial charge in [-0.25, -0.2) is 0 Å². The van der Waals surface area contributed by atoms with E-state index in [4.69, 9.17) is 4.74 Å². The summed E-state index contributed by atoms with van der Waals surface area (Å²) in [5, 5.41) is 0. The van der Waals surface area contributed by atoms with Crippen LogP contribution >= 0.6 is 0 Å². The van der Waals surface area contributed by atoms with E-state index >= 15 is 0 Å². The first-order valence-corrected chi connectivity index (χ1v) is 32.9. The topological polar surface area (TPSA) is 25.4 Å². The Morgan fingerprint density at radius 3 is 1.00 bits per heavy atom. The predicted molar refractivity (Wildman–Crippen MR) is 392 cm³/mol. The van der Waals surface area contributed by atoms with Crippen molar-refractivity contribution in [2.75, 3.05) is 24.5 Å². The van der Waals surface area contributed by atoms with Gasteiger partial charge in [0.25, 0.3) is 13.4 Å².